The fourth-order valence-corrected chi connectivity index (χ4v) is 2.98. The predicted molar refractivity (Wildman–Crippen MR) is 86.0 cm³/mol. The summed E-state index contributed by atoms with van der Waals surface area (Å²) in [5, 5.41) is 22.5. The highest BCUT2D eigenvalue weighted by Gasteiger charge is 2.13. The molecular weight excluding hydrogens is 315 g/mol. The molecule has 5 nitrogen and oxygen atoms in total. The third-order valence-corrected chi connectivity index (χ3v) is 4.31. The molecule has 0 saturated carbocycles. The zero-order valence-electron chi connectivity index (χ0n) is 12.4. The van der Waals surface area contributed by atoms with Crippen molar-refractivity contribution < 1.29 is 9.50 Å². The molecule has 1 atom stereocenters. The van der Waals surface area contributed by atoms with E-state index in [2.05, 4.69) is 15.5 Å². The first-order chi connectivity index (χ1) is 11.1. The van der Waals surface area contributed by atoms with Gasteiger partial charge in [0.25, 0.3) is 0 Å². The van der Waals surface area contributed by atoms with Crippen molar-refractivity contribution in [1.82, 2.24) is 20.2 Å². The van der Waals surface area contributed by atoms with E-state index >= 15 is 0 Å². The zero-order valence-corrected chi connectivity index (χ0v) is 13.2. The number of hydrogen-bond acceptors (Lipinski definition) is 5. The molecule has 0 aliphatic carbocycles. The van der Waals surface area contributed by atoms with E-state index in [9.17, 15) is 9.50 Å². The maximum absolute atomic E-state index is 12.9. The van der Waals surface area contributed by atoms with Crippen LogP contribution in [0.25, 0.3) is 5.69 Å². The number of aliphatic hydroxyl groups excluding tert-OH is 1. The molecule has 0 spiro atoms. The Morgan fingerprint density at radius 2 is 2.00 bits per heavy atom. The van der Waals surface area contributed by atoms with Crippen molar-refractivity contribution in [3.8, 4) is 5.69 Å². The lowest BCUT2D eigenvalue weighted by Crippen LogP contribution is -2.04. The quantitative estimate of drug-likeness (QED) is 0.729. The van der Waals surface area contributed by atoms with Gasteiger partial charge in [0.1, 0.15) is 5.82 Å². The first kappa shape index (κ1) is 15.6. The molecule has 0 radical (unpaired) electrons. The molecule has 0 saturated heterocycles. The molecule has 7 heteroatoms. The van der Waals surface area contributed by atoms with Crippen molar-refractivity contribution in [1.29, 1.82) is 0 Å². The van der Waals surface area contributed by atoms with Gasteiger partial charge < -0.3 is 5.11 Å². The van der Waals surface area contributed by atoms with E-state index in [1.54, 1.807) is 16.8 Å². The van der Waals surface area contributed by atoms with Gasteiger partial charge in [-0.15, -0.1) is 5.10 Å². The van der Waals surface area contributed by atoms with Crippen molar-refractivity contribution in [3.05, 3.63) is 65.5 Å². The SMILES string of the molecule is Cc1cccc(-n2nnnc2SCC(O)c2ccc(F)cc2)c1. The summed E-state index contributed by atoms with van der Waals surface area (Å²) in [5.41, 5.74) is 2.64. The number of aromatic nitrogens is 4. The summed E-state index contributed by atoms with van der Waals surface area (Å²) in [5.74, 6) is 0.0506. The number of hydrogen-bond donors (Lipinski definition) is 1. The smallest absolute Gasteiger partial charge is 0.214 e. The monoisotopic (exact) mass is 330 g/mol. The number of nitrogens with zero attached hydrogens (tertiary/aromatic N) is 4. The van der Waals surface area contributed by atoms with Crippen LogP contribution in [0.1, 0.15) is 17.2 Å². The van der Waals surface area contributed by atoms with Gasteiger partial charge in [0.15, 0.2) is 0 Å². The summed E-state index contributed by atoms with van der Waals surface area (Å²) in [6, 6.07) is 13.7. The summed E-state index contributed by atoms with van der Waals surface area (Å²) in [7, 11) is 0. The van der Waals surface area contributed by atoms with Crippen LogP contribution in [0, 0.1) is 12.7 Å². The molecule has 2 aromatic carbocycles. The lowest BCUT2D eigenvalue weighted by Gasteiger charge is -2.10. The molecule has 0 aliphatic heterocycles. The van der Waals surface area contributed by atoms with Crippen LogP contribution in [-0.4, -0.2) is 31.1 Å². The molecule has 1 unspecified atom stereocenters. The highest BCUT2D eigenvalue weighted by molar-refractivity contribution is 7.99. The molecule has 0 bridgehead atoms. The molecule has 1 heterocycles. The van der Waals surface area contributed by atoms with Gasteiger partial charge in [-0.2, -0.15) is 4.68 Å². The number of thioether (sulfide) groups is 1. The van der Waals surface area contributed by atoms with Crippen LogP contribution in [-0.2, 0) is 0 Å². The fraction of sp³-hybridized carbons (Fsp3) is 0.188. The minimum absolute atomic E-state index is 0.322. The predicted octanol–water partition coefficient (Wildman–Crippen LogP) is 2.94. The average molecular weight is 330 g/mol. The van der Waals surface area contributed by atoms with Gasteiger partial charge in [-0.3, -0.25) is 0 Å². The van der Waals surface area contributed by atoms with E-state index in [4.69, 9.17) is 0 Å². The van der Waals surface area contributed by atoms with E-state index in [-0.39, 0.29) is 5.82 Å². The Balaban J connectivity index is 1.72. The number of halogens is 1. The Morgan fingerprint density at radius 3 is 2.74 bits per heavy atom. The lowest BCUT2D eigenvalue weighted by molar-refractivity contribution is 0.204. The van der Waals surface area contributed by atoms with E-state index in [0.29, 0.717) is 16.5 Å². The zero-order chi connectivity index (χ0) is 16.2. The number of tetrazole rings is 1. The molecule has 0 fully saturated rings. The number of rotatable bonds is 5. The lowest BCUT2D eigenvalue weighted by atomic mass is 10.1. The average Bonchev–Trinajstić information content (AvgIpc) is 3.02. The largest absolute Gasteiger partial charge is 0.388 e. The van der Waals surface area contributed by atoms with Crippen molar-refractivity contribution in [2.75, 3.05) is 5.75 Å². The Morgan fingerprint density at radius 1 is 1.22 bits per heavy atom. The Hall–Kier alpha value is -2.25. The van der Waals surface area contributed by atoms with Crippen molar-refractivity contribution in [2.45, 2.75) is 18.2 Å². The van der Waals surface area contributed by atoms with Gasteiger partial charge in [-0.25, -0.2) is 4.39 Å². The van der Waals surface area contributed by atoms with Gasteiger partial charge >= 0.3 is 0 Å². The van der Waals surface area contributed by atoms with Gasteiger partial charge in [-0.05, 0) is 52.7 Å². The van der Waals surface area contributed by atoms with E-state index in [1.165, 1.54) is 23.9 Å². The second-order valence-corrected chi connectivity index (χ2v) is 6.08. The molecule has 3 aromatic rings. The summed E-state index contributed by atoms with van der Waals surface area (Å²) >= 11 is 1.34. The molecule has 3 rings (SSSR count). The fourth-order valence-electron chi connectivity index (χ4n) is 2.13. The Kier molecular flexibility index (Phi) is 4.68. The minimum atomic E-state index is -0.719. The van der Waals surface area contributed by atoms with Crippen LogP contribution < -0.4 is 0 Å². The third kappa shape index (κ3) is 3.75. The Labute approximate surface area is 137 Å². The van der Waals surface area contributed by atoms with Gasteiger partial charge in [0, 0.05) is 5.75 Å². The van der Waals surface area contributed by atoms with E-state index in [0.717, 1.165) is 11.3 Å². The summed E-state index contributed by atoms with van der Waals surface area (Å²) in [6.45, 7) is 2.00. The topological polar surface area (TPSA) is 63.8 Å². The number of aryl methyl sites for hydroxylation is 1. The van der Waals surface area contributed by atoms with Gasteiger partial charge in [0.2, 0.25) is 5.16 Å². The molecule has 0 amide bonds. The summed E-state index contributed by atoms with van der Waals surface area (Å²) in [4.78, 5) is 0. The molecule has 23 heavy (non-hydrogen) atoms. The number of benzene rings is 2. The van der Waals surface area contributed by atoms with Crippen LogP contribution in [0.2, 0.25) is 0 Å². The molecule has 118 valence electrons. The normalized spacial score (nSPS) is 12.3. The third-order valence-electron chi connectivity index (χ3n) is 3.31. The highest BCUT2D eigenvalue weighted by Crippen LogP contribution is 2.24. The van der Waals surface area contributed by atoms with Crippen molar-refractivity contribution in [2.24, 2.45) is 0 Å². The van der Waals surface area contributed by atoms with Crippen molar-refractivity contribution >= 4 is 11.8 Å². The molecule has 1 aromatic heterocycles. The summed E-state index contributed by atoms with van der Waals surface area (Å²) in [6.07, 6.45) is -0.719. The Bertz CT molecular complexity index is 791. The first-order valence-corrected chi connectivity index (χ1v) is 8.04. The van der Waals surface area contributed by atoms with E-state index < -0.39 is 6.10 Å². The molecular formula is C16H15FN4OS. The van der Waals surface area contributed by atoms with Crippen LogP contribution in [0.5, 0.6) is 0 Å². The standard InChI is InChI=1S/C16H15FN4OS/c1-11-3-2-4-14(9-11)21-16(18-19-20-21)23-10-15(22)12-5-7-13(17)8-6-12/h2-9,15,22H,10H2,1H3. The van der Waals surface area contributed by atoms with Crippen LogP contribution in [0.15, 0.2) is 53.7 Å². The molecule has 1 N–H and O–H groups in total. The van der Waals surface area contributed by atoms with E-state index in [1.807, 2.05) is 31.2 Å². The second-order valence-electron chi connectivity index (χ2n) is 5.09. The second kappa shape index (κ2) is 6.89. The van der Waals surface area contributed by atoms with Crippen LogP contribution in [0.3, 0.4) is 0 Å². The number of aliphatic hydroxyl groups is 1. The van der Waals surface area contributed by atoms with Crippen molar-refractivity contribution in [3.63, 3.8) is 0 Å². The minimum Gasteiger partial charge on any atom is -0.388 e. The van der Waals surface area contributed by atoms with Crippen LogP contribution >= 0.6 is 11.8 Å². The molecule has 0 aliphatic rings. The highest BCUT2D eigenvalue weighted by atomic mass is 32.2. The maximum Gasteiger partial charge on any atom is 0.214 e. The van der Waals surface area contributed by atoms with Gasteiger partial charge in [-0.1, -0.05) is 36.0 Å². The first-order valence-electron chi connectivity index (χ1n) is 7.05. The maximum atomic E-state index is 12.9. The van der Waals surface area contributed by atoms with Gasteiger partial charge in [0.05, 0.1) is 11.8 Å². The van der Waals surface area contributed by atoms with Crippen LogP contribution in [0.4, 0.5) is 4.39 Å². The summed E-state index contributed by atoms with van der Waals surface area (Å²) < 4.78 is 14.5.